The molecule has 72 valence electrons. The van der Waals surface area contributed by atoms with Crippen LogP contribution in [0.25, 0.3) is 0 Å². The molecule has 0 aromatic carbocycles. The van der Waals surface area contributed by atoms with Gasteiger partial charge in [-0.1, -0.05) is 0 Å². The maximum Gasteiger partial charge on any atom is 0.0701 e. The van der Waals surface area contributed by atoms with Crippen LogP contribution in [0.2, 0.25) is 0 Å². The molecule has 0 aromatic rings. The first-order valence-corrected chi connectivity index (χ1v) is 2.97. The van der Waals surface area contributed by atoms with Crippen molar-refractivity contribution in [2.45, 2.75) is 0 Å². The molecule has 0 bridgehead atoms. The van der Waals surface area contributed by atoms with E-state index >= 15 is 0 Å². The summed E-state index contributed by atoms with van der Waals surface area (Å²) in [6.07, 6.45) is 0. The Morgan fingerprint density at radius 3 is 1.45 bits per heavy atom. The third-order valence-electron chi connectivity index (χ3n) is 0.864. The summed E-state index contributed by atoms with van der Waals surface area (Å²) in [5.41, 5.74) is 0. The van der Waals surface area contributed by atoms with Crippen LogP contribution in [0.4, 0.5) is 0 Å². The van der Waals surface area contributed by atoms with Gasteiger partial charge in [-0.15, -0.1) is 0 Å². The minimum Gasteiger partial charge on any atom is -0.412 e. The Morgan fingerprint density at radius 1 is 0.818 bits per heavy atom. The summed E-state index contributed by atoms with van der Waals surface area (Å²) in [5, 5.41) is 0. The van der Waals surface area contributed by atoms with E-state index in [-0.39, 0.29) is 22.5 Å². The van der Waals surface area contributed by atoms with Crippen LogP contribution in [0.3, 0.4) is 0 Å². The van der Waals surface area contributed by atoms with Gasteiger partial charge in [0.05, 0.1) is 26.4 Å². The van der Waals surface area contributed by atoms with Crippen molar-refractivity contribution >= 4 is 0 Å². The SMILES string of the molecule is COCCOCCOC.O.[Fe]. The summed E-state index contributed by atoms with van der Waals surface area (Å²) in [4.78, 5) is 0. The summed E-state index contributed by atoms with van der Waals surface area (Å²) >= 11 is 0. The van der Waals surface area contributed by atoms with Gasteiger partial charge in [0.25, 0.3) is 0 Å². The third kappa shape index (κ3) is 17.9. The van der Waals surface area contributed by atoms with Gasteiger partial charge in [0.1, 0.15) is 0 Å². The molecule has 0 saturated carbocycles. The van der Waals surface area contributed by atoms with Crippen molar-refractivity contribution in [2.24, 2.45) is 0 Å². The van der Waals surface area contributed by atoms with E-state index in [4.69, 9.17) is 14.2 Å². The topological polar surface area (TPSA) is 59.2 Å². The molecule has 0 unspecified atom stereocenters. The molecule has 0 aliphatic carbocycles. The van der Waals surface area contributed by atoms with Crippen LogP contribution in [0, 0.1) is 0 Å². The molecule has 4 nitrogen and oxygen atoms in total. The molecule has 0 heterocycles. The minimum absolute atomic E-state index is 0. The molecule has 0 aliphatic rings. The molecular weight excluding hydrogens is 192 g/mol. The predicted molar refractivity (Wildman–Crippen MR) is 38.2 cm³/mol. The van der Waals surface area contributed by atoms with Gasteiger partial charge in [0, 0.05) is 31.3 Å². The van der Waals surface area contributed by atoms with Crippen LogP contribution in [-0.4, -0.2) is 46.1 Å². The molecule has 2 N–H and O–H groups in total. The zero-order valence-electron chi connectivity index (χ0n) is 6.91. The van der Waals surface area contributed by atoms with Crippen LogP contribution >= 0.6 is 0 Å². The van der Waals surface area contributed by atoms with Gasteiger partial charge in [-0.25, -0.2) is 0 Å². The van der Waals surface area contributed by atoms with Crippen molar-refractivity contribution in [1.29, 1.82) is 0 Å². The van der Waals surface area contributed by atoms with Gasteiger partial charge in [-0.2, -0.15) is 0 Å². The molecule has 5 heteroatoms. The van der Waals surface area contributed by atoms with E-state index in [1.54, 1.807) is 14.2 Å². The summed E-state index contributed by atoms with van der Waals surface area (Å²) < 4.78 is 14.6. The number of hydrogen-bond donors (Lipinski definition) is 0. The second kappa shape index (κ2) is 16.8. The Hall–Kier alpha value is 0.359. The van der Waals surface area contributed by atoms with Gasteiger partial charge >= 0.3 is 0 Å². The Bertz CT molecular complexity index is 47.8. The van der Waals surface area contributed by atoms with Crippen molar-refractivity contribution in [3.05, 3.63) is 0 Å². The summed E-state index contributed by atoms with van der Waals surface area (Å²) in [7, 11) is 3.30. The summed E-state index contributed by atoms with van der Waals surface area (Å²) in [5.74, 6) is 0. The monoisotopic (exact) mass is 208 g/mol. The predicted octanol–water partition coefficient (Wildman–Crippen LogP) is -0.531. The molecule has 0 fully saturated rings. The zero-order valence-corrected chi connectivity index (χ0v) is 8.01. The second-order valence-corrected chi connectivity index (χ2v) is 1.60. The average molecular weight is 208 g/mol. The van der Waals surface area contributed by atoms with Crippen molar-refractivity contribution in [1.82, 2.24) is 0 Å². The first-order valence-electron chi connectivity index (χ1n) is 2.97. The quantitative estimate of drug-likeness (QED) is 0.435. The van der Waals surface area contributed by atoms with Gasteiger partial charge in [0.2, 0.25) is 0 Å². The van der Waals surface area contributed by atoms with Gasteiger partial charge in [-0.3, -0.25) is 0 Å². The molecule has 0 rings (SSSR count). The fourth-order valence-corrected chi connectivity index (χ4v) is 0.387. The smallest absolute Gasteiger partial charge is 0.0701 e. The van der Waals surface area contributed by atoms with Crippen LogP contribution in [-0.2, 0) is 31.3 Å². The van der Waals surface area contributed by atoms with Crippen molar-refractivity contribution in [3.63, 3.8) is 0 Å². The van der Waals surface area contributed by atoms with E-state index in [9.17, 15) is 0 Å². The van der Waals surface area contributed by atoms with Gasteiger partial charge < -0.3 is 19.7 Å². The first-order chi connectivity index (χ1) is 4.41. The molecule has 0 atom stereocenters. The Morgan fingerprint density at radius 2 is 1.18 bits per heavy atom. The van der Waals surface area contributed by atoms with Gasteiger partial charge in [-0.05, 0) is 0 Å². The Balaban J connectivity index is -0.000000320. The van der Waals surface area contributed by atoms with Crippen LogP contribution < -0.4 is 0 Å². The third-order valence-corrected chi connectivity index (χ3v) is 0.864. The minimum atomic E-state index is 0. The average Bonchev–Trinajstić information content (AvgIpc) is 1.89. The molecular formula is C6H16FeO4. The number of ether oxygens (including phenoxy) is 3. The van der Waals surface area contributed by atoms with Crippen molar-refractivity contribution < 1.29 is 36.8 Å². The van der Waals surface area contributed by atoms with E-state index in [0.717, 1.165) is 0 Å². The normalized spacial score (nSPS) is 8.18. The Kier molecular flexibility index (Phi) is 26.6. The number of methoxy groups -OCH3 is 2. The second-order valence-electron chi connectivity index (χ2n) is 1.60. The summed E-state index contributed by atoms with van der Waals surface area (Å²) in [6, 6.07) is 0. The fraction of sp³-hybridized carbons (Fsp3) is 1.00. The van der Waals surface area contributed by atoms with Crippen LogP contribution in [0.5, 0.6) is 0 Å². The zero-order chi connectivity index (χ0) is 6.95. The van der Waals surface area contributed by atoms with E-state index in [2.05, 4.69) is 0 Å². The summed E-state index contributed by atoms with van der Waals surface area (Å²) in [6.45, 7) is 2.62. The van der Waals surface area contributed by atoms with Crippen molar-refractivity contribution in [3.8, 4) is 0 Å². The maximum absolute atomic E-state index is 5.06. The van der Waals surface area contributed by atoms with Crippen LogP contribution in [0.15, 0.2) is 0 Å². The first kappa shape index (κ1) is 17.4. The molecule has 0 aliphatic heterocycles. The molecule has 0 saturated heterocycles. The van der Waals surface area contributed by atoms with E-state index in [1.807, 2.05) is 0 Å². The molecule has 11 heavy (non-hydrogen) atoms. The Labute approximate surface area is 78.0 Å². The van der Waals surface area contributed by atoms with Crippen LogP contribution in [0.1, 0.15) is 0 Å². The standard InChI is InChI=1S/C6H14O3.Fe.H2O/c1-7-3-5-9-6-4-8-2;;/h3-6H2,1-2H3;;1H2. The molecule has 0 amide bonds. The fourth-order valence-electron chi connectivity index (χ4n) is 0.387. The van der Waals surface area contributed by atoms with Gasteiger partial charge in [0.15, 0.2) is 0 Å². The van der Waals surface area contributed by atoms with E-state index in [0.29, 0.717) is 26.4 Å². The number of hydrogen-bond acceptors (Lipinski definition) is 3. The number of rotatable bonds is 6. The molecule has 0 aromatic heterocycles. The maximum atomic E-state index is 5.06. The molecule has 0 spiro atoms. The van der Waals surface area contributed by atoms with E-state index in [1.165, 1.54) is 0 Å². The largest absolute Gasteiger partial charge is 0.412 e. The van der Waals surface area contributed by atoms with E-state index < -0.39 is 0 Å². The molecule has 0 radical (unpaired) electrons. The van der Waals surface area contributed by atoms with Crippen molar-refractivity contribution in [2.75, 3.05) is 40.6 Å².